The molecule has 1 saturated carbocycles. The molecule has 2 rings (SSSR count). The highest BCUT2D eigenvalue weighted by atomic mass is 19.4. The molecule has 112 valence electrons. The van der Waals surface area contributed by atoms with E-state index in [9.17, 15) is 13.2 Å². The van der Waals surface area contributed by atoms with Crippen molar-refractivity contribution in [1.82, 2.24) is 5.32 Å². The third-order valence-corrected chi connectivity index (χ3v) is 4.18. The van der Waals surface area contributed by atoms with Crippen molar-refractivity contribution in [3.63, 3.8) is 0 Å². The molecular weight excluding hydrogens is 263 g/mol. The first-order valence-electron chi connectivity index (χ1n) is 7.36. The predicted molar refractivity (Wildman–Crippen MR) is 74.3 cm³/mol. The summed E-state index contributed by atoms with van der Waals surface area (Å²) in [5, 5.41) is 3.44. The minimum Gasteiger partial charge on any atom is -0.310 e. The summed E-state index contributed by atoms with van der Waals surface area (Å²) in [4.78, 5) is 0. The molecule has 0 saturated heterocycles. The Bertz CT molecular complexity index is 428. The zero-order valence-corrected chi connectivity index (χ0v) is 11.8. The summed E-state index contributed by atoms with van der Waals surface area (Å²) in [5.41, 5.74) is 0.141. The van der Waals surface area contributed by atoms with Crippen LogP contribution in [0.25, 0.3) is 0 Å². The Hall–Kier alpha value is -1.03. The van der Waals surface area contributed by atoms with Gasteiger partial charge in [-0.1, -0.05) is 44.4 Å². The second-order valence-electron chi connectivity index (χ2n) is 5.80. The van der Waals surface area contributed by atoms with E-state index < -0.39 is 11.7 Å². The Morgan fingerprint density at radius 3 is 2.65 bits per heavy atom. The van der Waals surface area contributed by atoms with Gasteiger partial charge >= 0.3 is 6.18 Å². The predicted octanol–water partition coefficient (Wildman–Crippen LogP) is 4.76. The molecular formula is C16H22F3N. The fraction of sp³-hybridized carbons (Fsp3) is 0.625. The molecule has 0 bridgehead atoms. The summed E-state index contributed by atoms with van der Waals surface area (Å²) in [6.45, 7) is 2.74. The third kappa shape index (κ3) is 4.23. The SMILES string of the molecule is CC1CCCCCC1NCc1cccc(C(F)(F)F)c1. The van der Waals surface area contributed by atoms with Crippen LogP contribution in [0.15, 0.2) is 24.3 Å². The zero-order chi connectivity index (χ0) is 14.6. The van der Waals surface area contributed by atoms with Crippen molar-refractivity contribution < 1.29 is 13.2 Å². The lowest BCUT2D eigenvalue weighted by atomic mass is 9.96. The first-order valence-corrected chi connectivity index (χ1v) is 7.36. The zero-order valence-electron chi connectivity index (χ0n) is 11.8. The van der Waals surface area contributed by atoms with Gasteiger partial charge in [0.25, 0.3) is 0 Å². The molecule has 1 nitrogen and oxygen atoms in total. The second kappa shape index (κ2) is 6.61. The van der Waals surface area contributed by atoms with Gasteiger partial charge in [-0.05, 0) is 30.4 Å². The standard InChI is InChI=1S/C16H22F3N/c1-12-6-3-2-4-9-15(12)20-11-13-7-5-8-14(10-13)16(17,18)19/h5,7-8,10,12,15,20H,2-4,6,9,11H2,1H3. The number of nitrogens with one attached hydrogen (secondary N) is 1. The molecule has 1 aliphatic carbocycles. The van der Waals surface area contributed by atoms with Crippen molar-refractivity contribution in [1.29, 1.82) is 0 Å². The molecule has 4 heteroatoms. The van der Waals surface area contributed by atoms with E-state index in [1.54, 1.807) is 6.07 Å². The number of hydrogen-bond acceptors (Lipinski definition) is 1. The van der Waals surface area contributed by atoms with Gasteiger partial charge in [0.2, 0.25) is 0 Å². The molecule has 0 amide bonds. The molecule has 2 atom stereocenters. The lowest BCUT2D eigenvalue weighted by Crippen LogP contribution is -2.33. The van der Waals surface area contributed by atoms with Crippen molar-refractivity contribution in [3.05, 3.63) is 35.4 Å². The topological polar surface area (TPSA) is 12.0 Å². The van der Waals surface area contributed by atoms with E-state index in [4.69, 9.17) is 0 Å². The van der Waals surface area contributed by atoms with E-state index in [1.165, 1.54) is 37.8 Å². The van der Waals surface area contributed by atoms with E-state index in [-0.39, 0.29) is 0 Å². The van der Waals surface area contributed by atoms with Gasteiger partial charge in [-0.25, -0.2) is 0 Å². The Morgan fingerprint density at radius 1 is 1.15 bits per heavy atom. The maximum atomic E-state index is 12.7. The van der Waals surface area contributed by atoms with Crippen LogP contribution < -0.4 is 5.32 Å². The number of alkyl halides is 3. The highest BCUT2D eigenvalue weighted by molar-refractivity contribution is 5.25. The molecule has 0 spiro atoms. The van der Waals surface area contributed by atoms with Crippen LogP contribution in [0.5, 0.6) is 0 Å². The summed E-state index contributed by atoms with van der Waals surface area (Å²) in [6, 6.07) is 6.03. The minimum atomic E-state index is -4.26. The molecule has 2 unspecified atom stereocenters. The largest absolute Gasteiger partial charge is 0.416 e. The lowest BCUT2D eigenvalue weighted by molar-refractivity contribution is -0.137. The average molecular weight is 285 g/mol. The van der Waals surface area contributed by atoms with Crippen LogP contribution >= 0.6 is 0 Å². The first kappa shape index (κ1) is 15.4. The van der Waals surface area contributed by atoms with Crippen molar-refractivity contribution in [3.8, 4) is 0 Å². The number of benzene rings is 1. The summed E-state index contributed by atoms with van der Waals surface area (Å²) in [7, 11) is 0. The maximum absolute atomic E-state index is 12.7. The quantitative estimate of drug-likeness (QED) is 0.789. The van der Waals surface area contributed by atoms with E-state index in [2.05, 4.69) is 12.2 Å². The smallest absolute Gasteiger partial charge is 0.310 e. The lowest BCUT2D eigenvalue weighted by Gasteiger charge is -2.23. The van der Waals surface area contributed by atoms with Crippen LogP contribution in [0, 0.1) is 5.92 Å². The van der Waals surface area contributed by atoms with E-state index in [0.717, 1.165) is 12.5 Å². The van der Waals surface area contributed by atoms with Crippen molar-refractivity contribution >= 4 is 0 Å². The fourth-order valence-corrected chi connectivity index (χ4v) is 2.90. The maximum Gasteiger partial charge on any atom is 0.416 e. The van der Waals surface area contributed by atoms with Crippen LogP contribution in [0.4, 0.5) is 13.2 Å². The highest BCUT2D eigenvalue weighted by Crippen LogP contribution is 2.29. The van der Waals surface area contributed by atoms with Gasteiger partial charge in [-0.15, -0.1) is 0 Å². The molecule has 0 radical (unpaired) electrons. The summed E-state index contributed by atoms with van der Waals surface area (Å²) >= 11 is 0. The summed E-state index contributed by atoms with van der Waals surface area (Å²) < 4.78 is 38.0. The van der Waals surface area contributed by atoms with Crippen molar-refractivity contribution in [2.45, 2.75) is 57.8 Å². The molecule has 0 aromatic heterocycles. The van der Waals surface area contributed by atoms with Gasteiger partial charge in [0.15, 0.2) is 0 Å². The molecule has 0 heterocycles. The number of halogens is 3. The van der Waals surface area contributed by atoms with E-state index >= 15 is 0 Å². The van der Waals surface area contributed by atoms with Crippen LogP contribution in [0.1, 0.15) is 50.2 Å². The van der Waals surface area contributed by atoms with Gasteiger partial charge in [0, 0.05) is 12.6 Å². The Kier molecular flexibility index (Phi) is 5.08. The molecule has 1 aromatic rings. The van der Waals surface area contributed by atoms with Gasteiger partial charge < -0.3 is 5.32 Å². The number of hydrogen-bond donors (Lipinski definition) is 1. The molecule has 1 fully saturated rings. The van der Waals surface area contributed by atoms with Crippen molar-refractivity contribution in [2.75, 3.05) is 0 Å². The fourth-order valence-electron chi connectivity index (χ4n) is 2.90. The molecule has 20 heavy (non-hydrogen) atoms. The van der Waals surface area contributed by atoms with Gasteiger partial charge in [-0.2, -0.15) is 13.2 Å². The van der Waals surface area contributed by atoms with Crippen LogP contribution in [0.3, 0.4) is 0 Å². The Labute approximate surface area is 118 Å². The van der Waals surface area contributed by atoms with Crippen LogP contribution in [-0.4, -0.2) is 6.04 Å². The number of rotatable bonds is 3. The summed E-state index contributed by atoms with van der Waals surface area (Å²) in [5.74, 6) is 0.600. The molecule has 1 N–H and O–H groups in total. The first-order chi connectivity index (χ1) is 9.47. The van der Waals surface area contributed by atoms with Gasteiger partial charge in [0.1, 0.15) is 0 Å². The molecule has 1 aliphatic rings. The van der Waals surface area contributed by atoms with Gasteiger partial charge in [0.05, 0.1) is 5.56 Å². The molecule has 1 aromatic carbocycles. The van der Waals surface area contributed by atoms with Crippen LogP contribution in [-0.2, 0) is 12.7 Å². The van der Waals surface area contributed by atoms with Gasteiger partial charge in [-0.3, -0.25) is 0 Å². The third-order valence-electron chi connectivity index (χ3n) is 4.18. The van der Waals surface area contributed by atoms with Crippen LogP contribution in [0.2, 0.25) is 0 Å². The Balaban J connectivity index is 1.96. The normalized spacial score (nSPS) is 24.4. The van der Waals surface area contributed by atoms with E-state index in [1.807, 2.05) is 0 Å². The second-order valence-corrected chi connectivity index (χ2v) is 5.80. The molecule has 0 aliphatic heterocycles. The summed E-state index contributed by atoms with van der Waals surface area (Å²) in [6.07, 6.45) is 1.82. The van der Waals surface area contributed by atoms with Crippen molar-refractivity contribution in [2.24, 2.45) is 5.92 Å². The minimum absolute atomic E-state index is 0.423. The van der Waals surface area contributed by atoms with E-state index in [0.29, 0.717) is 24.1 Å². The highest BCUT2D eigenvalue weighted by Gasteiger charge is 2.30. The average Bonchev–Trinajstić information content (AvgIpc) is 2.60. The monoisotopic (exact) mass is 285 g/mol. The Morgan fingerprint density at radius 2 is 1.90 bits per heavy atom.